The molecule has 0 radical (unpaired) electrons. The van der Waals surface area contributed by atoms with Gasteiger partial charge in [-0.05, 0) is 6.42 Å². The predicted molar refractivity (Wildman–Crippen MR) is 134 cm³/mol. The van der Waals surface area contributed by atoms with Gasteiger partial charge in [0.15, 0.2) is 0 Å². The number of amides is 2. The van der Waals surface area contributed by atoms with E-state index in [2.05, 4.69) is 10.6 Å². The lowest BCUT2D eigenvalue weighted by Crippen LogP contribution is -2.50. The lowest BCUT2D eigenvalue weighted by Gasteiger charge is -2.32. The van der Waals surface area contributed by atoms with E-state index in [0.29, 0.717) is 58.9 Å². The van der Waals surface area contributed by atoms with Crippen LogP contribution in [0.4, 0.5) is 0 Å². The standard InChI is InChI=1S/C23H42N6O8/c1-2-3-5-24-19(30)4-6-25-20(31)15-26-7-9-27(16-21(32)33)11-13-29(18-23(36)37)14-12-28(10-8-26)17-22(34)35/h2-18H2,1H3,(H,24,30)(H,25,31)(H,32,33)(H,34,35)(H,36,37). The molecule has 0 aromatic carbocycles. The molecule has 0 aliphatic carbocycles. The lowest BCUT2D eigenvalue weighted by molar-refractivity contribution is -0.140. The summed E-state index contributed by atoms with van der Waals surface area (Å²) in [6, 6.07) is 0. The van der Waals surface area contributed by atoms with Gasteiger partial charge in [-0.2, -0.15) is 0 Å². The van der Waals surface area contributed by atoms with E-state index in [1.165, 1.54) is 0 Å². The molecule has 0 aromatic heterocycles. The van der Waals surface area contributed by atoms with Gasteiger partial charge in [-0.3, -0.25) is 43.6 Å². The molecule has 1 rings (SSSR count). The summed E-state index contributed by atoms with van der Waals surface area (Å²) < 4.78 is 0. The molecule has 1 fully saturated rings. The van der Waals surface area contributed by atoms with Crippen molar-refractivity contribution in [1.82, 2.24) is 30.2 Å². The maximum Gasteiger partial charge on any atom is 0.317 e. The fourth-order valence-corrected chi connectivity index (χ4v) is 3.85. The summed E-state index contributed by atoms with van der Waals surface area (Å²) in [6.45, 7) is 4.79. The van der Waals surface area contributed by atoms with Crippen molar-refractivity contribution >= 4 is 29.7 Å². The summed E-state index contributed by atoms with van der Waals surface area (Å²) in [5.41, 5.74) is 0. The van der Waals surface area contributed by atoms with Crippen LogP contribution in [0, 0.1) is 0 Å². The molecule has 0 bridgehead atoms. The molecule has 37 heavy (non-hydrogen) atoms. The number of unbranched alkanes of at least 4 members (excludes halogenated alkanes) is 1. The highest BCUT2D eigenvalue weighted by atomic mass is 16.4. The van der Waals surface area contributed by atoms with Crippen molar-refractivity contribution in [2.45, 2.75) is 26.2 Å². The van der Waals surface area contributed by atoms with E-state index in [0.717, 1.165) is 12.8 Å². The van der Waals surface area contributed by atoms with Crippen LogP contribution in [-0.2, 0) is 24.0 Å². The van der Waals surface area contributed by atoms with Crippen molar-refractivity contribution in [1.29, 1.82) is 0 Å². The van der Waals surface area contributed by atoms with Gasteiger partial charge in [0.2, 0.25) is 11.8 Å². The Morgan fingerprint density at radius 2 is 0.919 bits per heavy atom. The second-order valence-electron chi connectivity index (χ2n) is 9.09. The van der Waals surface area contributed by atoms with Crippen LogP contribution in [0.1, 0.15) is 26.2 Å². The van der Waals surface area contributed by atoms with E-state index in [-0.39, 0.29) is 51.0 Å². The largest absolute Gasteiger partial charge is 0.480 e. The zero-order valence-corrected chi connectivity index (χ0v) is 21.7. The van der Waals surface area contributed by atoms with Gasteiger partial charge < -0.3 is 26.0 Å². The zero-order valence-electron chi connectivity index (χ0n) is 21.7. The van der Waals surface area contributed by atoms with Crippen LogP contribution in [0.3, 0.4) is 0 Å². The topological polar surface area (TPSA) is 183 Å². The van der Waals surface area contributed by atoms with E-state index in [4.69, 9.17) is 0 Å². The lowest BCUT2D eigenvalue weighted by atomic mass is 10.3. The van der Waals surface area contributed by atoms with Gasteiger partial charge in [0.05, 0.1) is 26.2 Å². The molecule has 1 saturated heterocycles. The molecular weight excluding hydrogens is 488 g/mol. The Bertz CT molecular complexity index is 721. The van der Waals surface area contributed by atoms with Gasteiger partial charge in [-0.15, -0.1) is 0 Å². The van der Waals surface area contributed by atoms with Crippen molar-refractivity contribution in [2.75, 3.05) is 91.6 Å². The first-order valence-electron chi connectivity index (χ1n) is 12.7. The van der Waals surface area contributed by atoms with Crippen LogP contribution >= 0.6 is 0 Å². The van der Waals surface area contributed by atoms with Gasteiger partial charge >= 0.3 is 17.9 Å². The van der Waals surface area contributed by atoms with E-state index in [1.54, 1.807) is 14.7 Å². The molecular formula is C23H42N6O8. The normalized spacial score (nSPS) is 17.3. The average Bonchev–Trinajstić information content (AvgIpc) is 2.80. The van der Waals surface area contributed by atoms with Crippen LogP contribution in [0.5, 0.6) is 0 Å². The highest BCUT2D eigenvalue weighted by Gasteiger charge is 2.21. The third kappa shape index (κ3) is 16.5. The Morgan fingerprint density at radius 3 is 1.27 bits per heavy atom. The third-order valence-electron chi connectivity index (χ3n) is 5.90. The number of carbonyl (C=O) groups is 5. The maximum atomic E-state index is 12.5. The molecule has 1 aliphatic rings. The smallest absolute Gasteiger partial charge is 0.317 e. The Labute approximate surface area is 217 Å². The first-order chi connectivity index (χ1) is 17.6. The van der Waals surface area contributed by atoms with Crippen molar-refractivity contribution in [2.24, 2.45) is 0 Å². The molecule has 0 aromatic rings. The van der Waals surface area contributed by atoms with E-state index < -0.39 is 17.9 Å². The molecule has 0 spiro atoms. The summed E-state index contributed by atoms with van der Waals surface area (Å²) in [5, 5.41) is 33.3. The number of carbonyl (C=O) groups excluding carboxylic acids is 2. The molecule has 1 aliphatic heterocycles. The van der Waals surface area contributed by atoms with Crippen LogP contribution in [0.15, 0.2) is 0 Å². The zero-order chi connectivity index (χ0) is 27.6. The van der Waals surface area contributed by atoms with Gasteiger partial charge in [0.25, 0.3) is 0 Å². The van der Waals surface area contributed by atoms with Crippen LogP contribution in [0.25, 0.3) is 0 Å². The first kappa shape index (κ1) is 32.2. The number of hydrogen-bond acceptors (Lipinski definition) is 9. The van der Waals surface area contributed by atoms with Crippen molar-refractivity contribution in [3.63, 3.8) is 0 Å². The fraction of sp³-hybridized carbons (Fsp3) is 0.783. The third-order valence-corrected chi connectivity index (χ3v) is 5.90. The molecule has 14 heteroatoms. The summed E-state index contributed by atoms with van der Waals surface area (Å²) in [4.78, 5) is 65.2. The molecule has 0 unspecified atom stereocenters. The number of nitrogens with one attached hydrogen (secondary N) is 2. The molecule has 1 heterocycles. The number of carboxylic acid groups (broad SMARTS) is 3. The Balaban J connectivity index is 2.78. The summed E-state index contributed by atoms with van der Waals surface area (Å²) in [6.07, 6.45) is 2.03. The van der Waals surface area contributed by atoms with Gasteiger partial charge in [0, 0.05) is 71.9 Å². The second kappa shape index (κ2) is 18.4. The predicted octanol–water partition coefficient (Wildman–Crippen LogP) is -2.12. The number of hydrogen-bond donors (Lipinski definition) is 5. The summed E-state index contributed by atoms with van der Waals surface area (Å²) in [5.74, 6) is -3.45. The molecule has 14 nitrogen and oxygen atoms in total. The minimum atomic E-state index is -1.02. The van der Waals surface area contributed by atoms with E-state index in [1.807, 2.05) is 11.8 Å². The highest BCUT2D eigenvalue weighted by molar-refractivity contribution is 5.80. The maximum absolute atomic E-state index is 12.5. The van der Waals surface area contributed by atoms with E-state index >= 15 is 0 Å². The Hall–Kier alpha value is -2.81. The molecule has 0 atom stereocenters. The average molecular weight is 531 g/mol. The monoisotopic (exact) mass is 530 g/mol. The van der Waals surface area contributed by atoms with Gasteiger partial charge in [0.1, 0.15) is 0 Å². The second-order valence-corrected chi connectivity index (χ2v) is 9.09. The minimum Gasteiger partial charge on any atom is -0.480 e. The molecule has 212 valence electrons. The van der Waals surface area contributed by atoms with Crippen LogP contribution in [-0.4, -0.2) is 156 Å². The number of nitrogens with zero attached hydrogens (tertiary/aromatic N) is 4. The van der Waals surface area contributed by atoms with Crippen molar-refractivity contribution in [3.8, 4) is 0 Å². The quantitative estimate of drug-likeness (QED) is 0.154. The number of aliphatic carboxylic acids is 3. The molecule has 5 N–H and O–H groups in total. The molecule has 2 amide bonds. The minimum absolute atomic E-state index is 0.0183. The summed E-state index contributed by atoms with van der Waals surface area (Å²) in [7, 11) is 0. The number of rotatable bonds is 14. The fourth-order valence-electron chi connectivity index (χ4n) is 3.85. The van der Waals surface area contributed by atoms with Crippen LogP contribution < -0.4 is 10.6 Å². The Kier molecular flexibility index (Phi) is 16.1. The first-order valence-corrected chi connectivity index (χ1v) is 12.7. The summed E-state index contributed by atoms with van der Waals surface area (Å²) >= 11 is 0. The SMILES string of the molecule is CCCCNC(=O)CCNC(=O)CN1CCN(CC(=O)O)CCN(CC(=O)O)CCN(CC(=O)O)CC1. The highest BCUT2D eigenvalue weighted by Crippen LogP contribution is 2.01. The van der Waals surface area contributed by atoms with Crippen molar-refractivity contribution < 1.29 is 39.3 Å². The number of carboxylic acids is 3. The van der Waals surface area contributed by atoms with Crippen molar-refractivity contribution in [3.05, 3.63) is 0 Å². The molecule has 0 saturated carbocycles. The van der Waals surface area contributed by atoms with E-state index in [9.17, 15) is 39.3 Å². The van der Waals surface area contributed by atoms with Gasteiger partial charge in [-0.25, -0.2) is 0 Å². The Morgan fingerprint density at radius 1 is 0.568 bits per heavy atom. The van der Waals surface area contributed by atoms with Gasteiger partial charge in [-0.1, -0.05) is 13.3 Å². The van der Waals surface area contributed by atoms with Crippen LogP contribution in [0.2, 0.25) is 0 Å².